The Morgan fingerprint density at radius 1 is 1.07 bits per heavy atom. The fourth-order valence-corrected chi connectivity index (χ4v) is 6.64. The number of aromatic amines is 2. The second-order valence-corrected chi connectivity index (χ2v) is 11.1. The van der Waals surface area contributed by atoms with Crippen molar-refractivity contribution in [3.05, 3.63) is 107 Å². The summed E-state index contributed by atoms with van der Waals surface area (Å²) >= 11 is 0. The summed E-state index contributed by atoms with van der Waals surface area (Å²) in [6.07, 6.45) is 2.65. The molecule has 1 aliphatic heterocycles. The number of ketones is 1. The van der Waals surface area contributed by atoms with Crippen molar-refractivity contribution in [1.82, 2.24) is 19.9 Å². The van der Waals surface area contributed by atoms with Crippen molar-refractivity contribution in [2.24, 2.45) is 5.92 Å². The van der Waals surface area contributed by atoms with Crippen LogP contribution in [0.4, 0.5) is 5.69 Å². The first-order chi connectivity index (χ1) is 20.4. The summed E-state index contributed by atoms with van der Waals surface area (Å²) in [6, 6.07) is 18.5. The number of likely N-dealkylation sites (tertiary alicyclic amines) is 1. The van der Waals surface area contributed by atoms with Crippen LogP contribution in [0.25, 0.3) is 21.8 Å². The monoisotopic (exact) mass is 559 g/mol. The van der Waals surface area contributed by atoms with Gasteiger partial charge in [-0.25, -0.2) is 0 Å². The van der Waals surface area contributed by atoms with Crippen LogP contribution in [0.5, 0.6) is 0 Å². The number of carbonyl (C=O) groups excluding carboxylic acids is 3. The quantitative estimate of drug-likeness (QED) is 0.235. The highest BCUT2D eigenvalue weighted by Gasteiger charge is 2.67. The molecule has 4 N–H and O–H groups in total. The summed E-state index contributed by atoms with van der Waals surface area (Å²) in [5, 5.41) is 14.8. The first kappa shape index (κ1) is 24.7. The zero-order chi connectivity index (χ0) is 28.7. The van der Waals surface area contributed by atoms with Gasteiger partial charge in [0, 0.05) is 70.1 Å². The van der Waals surface area contributed by atoms with Crippen LogP contribution in [0.3, 0.4) is 0 Å². The number of hydrogen-bond donors (Lipinski definition) is 4. The fourth-order valence-electron chi connectivity index (χ4n) is 6.64. The van der Waals surface area contributed by atoms with Gasteiger partial charge in [0.15, 0.2) is 6.29 Å². The molecule has 10 nitrogen and oxygen atoms in total. The molecule has 2 fully saturated rings. The Morgan fingerprint density at radius 3 is 2.69 bits per heavy atom. The molecule has 0 bridgehead atoms. The predicted octanol–water partition coefficient (Wildman–Crippen LogP) is 4.43. The number of aromatic nitrogens is 3. The average Bonchev–Trinajstić information content (AvgIpc) is 3.31. The molecular weight excluding hydrogens is 534 g/mol. The molecule has 42 heavy (non-hydrogen) atoms. The van der Waals surface area contributed by atoms with Gasteiger partial charge in [-0.05, 0) is 60.4 Å². The number of fused-ring (bicyclic) bond motifs is 3. The van der Waals surface area contributed by atoms with Gasteiger partial charge in [-0.15, -0.1) is 0 Å². The number of pyridine rings is 1. The lowest BCUT2D eigenvalue weighted by molar-refractivity contribution is -0.0772. The highest BCUT2D eigenvalue weighted by atomic mass is 16.6. The lowest BCUT2D eigenvalue weighted by Crippen LogP contribution is -2.34. The van der Waals surface area contributed by atoms with Crippen LogP contribution in [0.2, 0.25) is 0 Å². The summed E-state index contributed by atoms with van der Waals surface area (Å²) in [7, 11) is 1.40. The summed E-state index contributed by atoms with van der Waals surface area (Å²) in [5.41, 5.74) is 4.86. The zero-order valence-electron chi connectivity index (χ0n) is 22.5. The SMILES string of the molecule is COC(O)c1cnc2c(c1)[C@@]13C[C@@H]1CN(C(=O)c1cc4cc(NC(=O)c5cc6ccccc6[nH]5)ccc4[nH]1)C3=CC2=O. The normalized spacial score (nSPS) is 21.1. The highest BCUT2D eigenvalue weighted by Crippen LogP contribution is 2.66. The van der Waals surface area contributed by atoms with Gasteiger partial charge in [-0.3, -0.25) is 19.4 Å². The van der Waals surface area contributed by atoms with Gasteiger partial charge in [0.1, 0.15) is 17.1 Å². The average molecular weight is 560 g/mol. The molecule has 2 amide bonds. The number of anilines is 1. The minimum Gasteiger partial charge on any atom is -0.364 e. The number of aliphatic hydroxyl groups excluding tert-OH is 1. The fraction of sp³-hybridized carbons (Fsp3) is 0.188. The van der Waals surface area contributed by atoms with Crippen molar-refractivity contribution in [3.8, 4) is 0 Å². The third-order valence-corrected chi connectivity index (χ3v) is 8.78. The van der Waals surface area contributed by atoms with Crippen molar-refractivity contribution in [3.63, 3.8) is 0 Å². The van der Waals surface area contributed by atoms with Crippen molar-refractivity contribution < 1.29 is 24.2 Å². The number of carbonyl (C=O) groups is 3. The number of hydrogen-bond acceptors (Lipinski definition) is 6. The topological polar surface area (TPSA) is 140 Å². The van der Waals surface area contributed by atoms with Gasteiger partial charge in [0.2, 0.25) is 5.78 Å². The number of piperidine rings is 1. The Balaban J connectivity index is 1.06. The van der Waals surface area contributed by atoms with Crippen LogP contribution in [0.1, 0.15) is 55.3 Å². The van der Waals surface area contributed by atoms with Crippen molar-refractivity contribution in [2.45, 2.75) is 18.1 Å². The van der Waals surface area contributed by atoms with Gasteiger partial charge in [-0.1, -0.05) is 18.2 Å². The van der Waals surface area contributed by atoms with Crippen molar-refractivity contribution in [2.75, 3.05) is 19.0 Å². The van der Waals surface area contributed by atoms with Crippen LogP contribution < -0.4 is 5.32 Å². The second kappa shape index (κ2) is 8.72. The number of nitrogens with zero attached hydrogens (tertiary/aromatic N) is 2. The lowest BCUT2D eigenvalue weighted by atomic mass is 9.83. The highest BCUT2D eigenvalue weighted by molar-refractivity contribution is 6.09. The molecule has 2 aliphatic carbocycles. The number of methoxy groups -OCH3 is 1. The second-order valence-electron chi connectivity index (χ2n) is 11.1. The number of ether oxygens (including phenoxy) is 1. The maximum absolute atomic E-state index is 13.8. The van der Waals surface area contributed by atoms with E-state index in [1.165, 1.54) is 19.4 Å². The van der Waals surface area contributed by atoms with Gasteiger partial charge < -0.3 is 30.0 Å². The van der Waals surface area contributed by atoms with E-state index in [1.54, 1.807) is 23.1 Å². The molecule has 1 saturated heterocycles. The molecule has 3 aliphatic rings. The number of H-pyrrole nitrogens is 2. The van der Waals surface area contributed by atoms with Gasteiger partial charge in [0.25, 0.3) is 11.8 Å². The van der Waals surface area contributed by atoms with Gasteiger partial charge in [-0.2, -0.15) is 0 Å². The standard InChI is InChI=1S/C32H25N5O5/c1-42-31(41)18-9-21-28(33-14-18)26(38)12-27-32(21)13-19(32)15-37(27)30(40)25-11-17-8-20(6-7-23(17)36-25)34-29(39)24-10-16-4-2-3-5-22(16)35-24/h2-12,14,19,31,35-36,41H,13,15H2,1H3,(H,34,39)/t19-,31?,32-/m1/s1. The first-order valence-corrected chi connectivity index (χ1v) is 13.7. The van der Waals surface area contributed by atoms with E-state index in [9.17, 15) is 19.5 Å². The Labute approximate surface area is 239 Å². The molecule has 5 aromatic rings. The summed E-state index contributed by atoms with van der Waals surface area (Å²) in [4.78, 5) is 52.1. The maximum atomic E-state index is 13.8. The third-order valence-electron chi connectivity index (χ3n) is 8.78. The van der Waals surface area contributed by atoms with Gasteiger partial charge >= 0.3 is 0 Å². The molecule has 4 heterocycles. The van der Waals surface area contributed by atoms with Crippen LogP contribution >= 0.6 is 0 Å². The lowest BCUT2D eigenvalue weighted by Gasteiger charge is -2.29. The number of nitrogens with one attached hydrogen (secondary N) is 3. The largest absolute Gasteiger partial charge is 0.364 e. The summed E-state index contributed by atoms with van der Waals surface area (Å²) in [5.74, 6) is -0.595. The molecule has 3 atom stereocenters. The summed E-state index contributed by atoms with van der Waals surface area (Å²) < 4.78 is 5.05. The molecule has 1 spiro atoms. The van der Waals surface area contributed by atoms with Gasteiger partial charge in [0.05, 0.1) is 0 Å². The van der Waals surface area contributed by atoms with Crippen LogP contribution in [-0.4, -0.2) is 56.2 Å². The number of benzene rings is 2. The molecule has 3 aromatic heterocycles. The third kappa shape index (κ3) is 3.52. The van der Waals surface area contributed by atoms with E-state index < -0.39 is 11.7 Å². The van der Waals surface area contributed by atoms with E-state index in [1.807, 2.05) is 42.5 Å². The smallest absolute Gasteiger partial charge is 0.274 e. The van der Waals surface area contributed by atoms with E-state index >= 15 is 0 Å². The van der Waals surface area contributed by atoms with Crippen molar-refractivity contribution >= 4 is 45.1 Å². The van der Waals surface area contributed by atoms with E-state index in [0.717, 1.165) is 33.8 Å². The van der Waals surface area contributed by atoms with Crippen LogP contribution in [-0.2, 0) is 10.2 Å². The number of rotatable bonds is 5. The van der Waals surface area contributed by atoms with Crippen LogP contribution in [0, 0.1) is 5.92 Å². The number of allylic oxidation sites excluding steroid dienone is 2. The summed E-state index contributed by atoms with van der Waals surface area (Å²) in [6.45, 7) is 0.482. The van der Waals surface area contributed by atoms with E-state index in [0.29, 0.717) is 40.6 Å². The Morgan fingerprint density at radius 2 is 1.86 bits per heavy atom. The molecule has 1 unspecified atom stereocenters. The molecular formula is C32H25N5O5. The molecule has 1 saturated carbocycles. The Kier molecular flexibility index (Phi) is 5.13. The Bertz CT molecular complexity index is 1990. The molecule has 0 radical (unpaired) electrons. The minimum absolute atomic E-state index is 0.159. The first-order valence-electron chi connectivity index (χ1n) is 13.7. The van der Waals surface area contributed by atoms with Crippen LogP contribution in [0.15, 0.2) is 78.6 Å². The number of aliphatic hydroxyl groups is 1. The van der Waals surface area contributed by atoms with E-state index in [2.05, 4.69) is 20.3 Å². The van der Waals surface area contributed by atoms with E-state index in [4.69, 9.17) is 4.74 Å². The number of para-hydroxylation sites is 1. The molecule has 10 heteroatoms. The molecule has 2 aromatic carbocycles. The zero-order valence-corrected chi connectivity index (χ0v) is 22.5. The number of amides is 2. The molecule has 8 rings (SSSR count). The Hall–Kier alpha value is -5.06. The predicted molar refractivity (Wildman–Crippen MR) is 154 cm³/mol. The maximum Gasteiger partial charge on any atom is 0.274 e. The van der Waals surface area contributed by atoms with Crippen molar-refractivity contribution in [1.29, 1.82) is 0 Å². The van der Waals surface area contributed by atoms with E-state index in [-0.39, 0.29) is 23.5 Å². The minimum atomic E-state index is -1.15. The molecule has 208 valence electrons.